The number of nitrogens with zero attached hydrogens (tertiary/aromatic N) is 1. The molecule has 0 heterocycles. The first-order valence-electron chi connectivity index (χ1n) is 7.92. The monoisotopic (exact) mass is 409 g/mol. The molecule has 5 heteroatoms. The lowest BCUT2D eigenvalue weighted by molar-refractivity contribution is 0.0733. The van der Waals surface area contributed by atoms with Crippen LogP contribution in [0.5, 0.6) is 11.5 Å². The van der Waals surface area contributed by atoms with E-state index in [1.54, 1.807) is 37.6 Å². The Morgan fingerprint density at radius 2 is 1.58 bits per heavy atom. The summed E-state index contributed by atoms with van der Waals surface area (Å²) in [4.78, 5) is 16.9. The van der Waals surface area contributed by atoms with Crippen LogP contribution < -0.4 is 9.47 Å². The zero-order valence-corrected chi connectivity index (χ0v) is 15.6. The van der Waals surface area contributed by atoms with Crippen LogP contribution in [-0.4, -0.2) is 19.3 Å². The van der Waals surface area contributed by atoms with Crippen LogP contribution in [0.3, 0.4) is 0 Å². The number of carbonyl (C=O) groups is 1. The van der Waals surface area contributed by atoms with Gasteiger partial charge in [0.15, 0.2) is 0 Å². The van der Waals surface area contributed by atoms with Gasteiger partial charge < -0.3 is 9.47 Å². The zero-order valence-electron chi connectivity index (χ0n) is 14.1. The predicted octanol–water partition coefficient (Wildman–Crippen LogP) is 5.43. The molecule has 0 aliphatic heterocycles. The second-order valence-electron chi connectivity index (χ2n) is 5.34. The maximum absolute atomic E-state index is 12.4. The largest absolute Gasteiger partial charge is 0.494 e. The number of carbonyl (C=O) groups excluding carboxylic acids is 1. The van der Waals surface area contributed by atoms with E-state index in [-0.39, 0.29) is 0 Å². The maximum atomic E-state index is 12.4. The molecule has 0 bridgehead atoms. The van der Waals surface area contributed by atoms with Gasteiger partial charge in [-0.2, -0.15) is 0 Å². The normalized spacial score (nSPS) is 10.7. The van der Waals surface area contributed by atoms with Gasteiger partial charge in [0, 0.05) is 16.3 Å². The maximum Gasteiger partial charge on any atom is 0.344 e. The van der Waals surface area contributed by atoms with Crippen LogP contribution >= 0.6 is 15.9 Å². The van der Waals surface area contributed by atoms with Gasteiger partial charge in [-0.15, -0.1) is 0 Å². The Labute approximate surface area is 160 Å². The predicted molar refractivity (Wildman–Crippen MR) is 106 cm³/mol. The molecular formula is C21H16BrNO3. The van der Waals surface area contributed by atoms with E-state index in [0.717, 1.165) is 0 Å². The Balaban J connectivity index is 1.86. The Bertz CT molecular complexity index is 953. The molecule has 0 radical (unpaired) electrons. The third-order valence-electron chi connectivity index (χ3n) is 3.64. The van der Waals surface area contributed by atoms with E-state index >= 15 is 0 Å². The van der Waals surface area contributed by atoms with Crippen LogP contribution in [0.1, 0.15) is 15.9 Å². The molecule has 130 valence electrons. The Hall–Kier alpha value is -2.92. The lowest BCUT2D eigenvalue weighted by Crippen LogP contribution is -2.10. The molecule has 4 nitrogen and oxygen atoms in total. The highest BCUT2D eigenvalue weighted by Crippen LogP contribution is 2.27. The van der Waals surface area contributed by atoms with E-state index in [1.165, 1.54) is 0 Å². The van der Waals surface area contributed by atoms with Gasteiger partial charge >= 0.3 is 5.97 Å². The van der Waals surface area contributed by atoms with Crippen molar-refractivity contribution >= 4 is 33.8 Å². The van der Waals surface area contributed by atoms with Crippen molar-refractivity contribution in [3.05, 3.63) is 88.4 Å². The summed E-state index contributed by atoms with van der Waals surface area (Å²) in [5, 5.41) is 0. The van der Waals surface area contributed by atoms with E-state index in [9.17, 15) is 4.79 Å². The minimum Gasteiger partial charge on any atom is -0.494 e. The molecule has 0 fully saturated rings. The van der Waals surface area contributed by atoms with E-state index < -0.39 is 5.97 Å². The average Bonchev–Trinajstić information content (AvgIpc) is 2.67. The van der Waals surface area contributed by atoms with Crippen LogP contribution in [0.25, 0.3) is 0 Å². The van der Waals surface area contributed by atoms with Gasteiger partial charge in [0.1, 0.15) is 17.2 Å². The summed E-state index contributed by atoms with van der Waals surface area (Å²) in [6.45, 7) is 0. The first-order valence-corrected chi connectivity index (χ1v) is 8.71. The minimum atomic E-state index is -0.435. The zero-order chi connectivity index (χ0) is 18.4. The van der Waals surface area contributed by atoms with E-state index in [0.29, 0.717) is 32.8 Å². The first kappa shape index (κ1) is 17.9. The summed E-state index contributed by atoms with van der Waals surface area (Å²) in [6, 6.07) is 21.8. The summed E-state index contributed by atoms with van der Waals surface area (Å²) in [5.41, 5.74) is 1.85. The van der Waals surface area contributed by atoms with Crippen molar-refractivity contribution in [1.29, 1.82) is 0 Å². The SMILES string of the molecule is COc1ccccc1N=Cc1ccccc1OC(=O)c1ccccc1Br. The Kier molecular flexibility index (Phi) is 5.81. The third-order valence-corrected chi connectivity index (χ3v) is 4.33. The van der Waals surface area contributed by atoms with Crippen LogP contribution in [-0.2, 0) is 0 Å². The summed E-state index contributed by atoms with van der Waals surface area (Å²) < 4.78 is 11.5. The molecule has 3 rings (SSSR count). The number of benzene rings is 3. The fourth-order valence-corrected chi connectivity index (χ4v) is 2.78. The number of halogens is 1. The Morgan fingerprint density at radius 1 is 0.923 bits per heavy atom. The van der Waals surface area contributed by atoms with Gasteiger partial charge in [-0.1, -0.05) is 36.4 Å². The quantitative estimate of drug-likeness (QED) is 0.320. The molecule has 0 aromatic heterocycles. The van der Waals surface area contributed by atoms with Crippen molar-refractivity contribution in [2.24, 2.45) is 4.99 Å². The molecule has 0 aliphatic rings. The molecule has 0 amide bonds. The van der Waals surface area contributed by atoms with Crippen LogP contribution in [0.2, 0.25) is 0 Å². The molecule has 26 heavy (non-hydrogen) atoms. The molecule has 0 spiro atoms. The first-order chi connectivity index (χ1) is 12.7. The molecular weight excluding hydrogens is 394 g/mol. The van der Waals surface area contributed by atoms with Gasteiger partial charge in [0.05, 0.1) is 12.7 Å². The third kappa shape index (κ3) is 4.18. The smallest absolute Gasteiger partial charge is 0.344 e. The van der Waals surface area contributed by atoms with Crippen LogP contribution in [0.4, 0.5) is 5.69 Å². The number of para-hydroxylation sites is 3. The van der Waals surface area contributed by atoms with Crippen LogP contribution in [0.15, 0.2) is 82.3 Å². The van der Waals surface area contributed by atoms with Gasteiger partial charge in [-0.05, 0) is 52.3 Å². The number of ether oxygens (including phenoxy) is 2. The number of hydrogen-bond acceptors (Lipinski definition) is 4. The number of aliphatic imine (C=N–C) groups is 1. The summed E-state index contributed by atoms with van der Waals surface area (Å²) in [6.07, 6.45) is 1.65. The lowest BCUT2D eigenvalue weighted by Gasteiger charge is -2.08. The highest BCUT2D eigenvalue weighted by molar-refractivity contribution is 9.10. The molecule has 0 N–H and O–H groups in total. The highest BCUT2D eigenvalue weighted by atomic mass is 79.9. The van der Waals surface area contributed by atoms with Crippen molar-refractivity contribution in [2.75, 3.05) is 7.11 Å². The van der Waals surface area contributed by atoms with Gasteiger partial charge in [-0.25, -0.2) is 4.79 Å². The second-order valence-corrected chi connectivity index (χ2v) is 6.19. The molecule has 3 aromatic carbocycles. The number of hydrogen-bond donors (Lipinski definition) is 0. The van der Waals surface area contributed by atoms with Gasteiger partial charge in [0.2, 0.25) is 0 Å². The molecule has 0 saturated heterocycles. The summed E-state index contributed by atoms with van der Waals surface area (Å²) in [5.74, 6) is 0.675. The highest BCUT2D eigenvalue weighted by Gasteiger charge is 2.13. The lowest BCUT2D eigenvalue weighted by atomic mass is 10.2. The summed E-state index contributed by atoms with van der Waals surface area (Å²) in [7, 11) is 1.60. The van der Waals surface area contributed by atoms with E-state index in [2.05, 4.69) is 20.9 Å². The Morgan fingerprint density at radius 3 is 2.35 bits per heavy atom. The standard InChI is InChI=1S/C21H16BrNO3/c1-25-20-13-7-5-11-18(20)23-14-15-8-2-6-12-19(15)26-21(24)16-9-3-4-10-17(16)22/h2-14H,1H3. The number of rotatable bonds is 5. The topological polar surface area (TPSA) is 47.9 Å². The molecule has 0 atom stereocenters. The van der Waals surface area contributed by atoms with E-state index in [4.69, 9.17) is 9.47 Å². The molecule has 3 aromatic rings. The van der Waals surface area contributed by atoms with Crippen LogP contribution in [0, 0.1) is 0 Å². The van der Waals surface area contributed by atoms with Crippen molar-refractivity contribution in [3.8, 4) is 11.5 Å². The second kappa shape index (κ2) is 8.45. The average molecular weight is 410 g/mol. The molecule has 0 unspecified atom stereocenters. The number of methoxy groups -OCH3 is 1. The van der Waals surface area contributed by atoms with Crippen molar-refractivity contribution in [2.45, 2.75) is 0 Å². The van der Waals surface area contributed by atoms with Gasteiger partial charge in [-0.3, -0.25) is 4.99 Å². The molecule has 0 saturated carbocycles. The summed E-state index contributed by atoms with van der Waals surface area (Å²) >= 11 is 3.36. The number of esters is 1. The minimum absolute atomic E-state index is 0.435. The van der Waals surface area contributed by atoms with Crippen molar-refractivity contribution in [1.82, 2.24) is 0 Å². The molecule has 0 aliphatic carbocycles. The van der Waals surface area contributed by atoms with Crippen molar-refractivity contribution < 1.29 is 14.3 Å². The fraction of sp³-hybridized carbons (Fsp3) is 0.0476. The van der Waals surface area contributed by atoms with Gasteiger partial charge in [0.25, 0.3) is 0 Å². The fourth-order valence-electron chi connectivity index (χ4n) is 2.34. The van der Waals surface area contributed by atoms with E-state index in [1.807, 2.05) is 48.5 Å². The van der Waals surface area contributed by atoms with Crippen molar-refractivity contribution in [3.63, 3.8) is 0 Å².